The Kier molecular flexibility index (Phi) is 9.05. The van der Waals surface area contributed by atoms with Gasteiger partial charge in [0.2, 0.25) is 0 Å². The molecule has 3 aliphatic rings. The number of hydrogen-bond acceptors (Lipinski definition) is 0. The van der Waals surface area contributed by atoms with E-state index in [2.05, 4.69) is 141 Å². The van der Waals surface area contributed by atoms with Crippen LogP contribution >= 0.6 is 0 Å². The first-order valence-corrected chi connectivity index (χ1v) is 24.6. The Hall–Kier alpha value is -1.70. The van der Waals surface area contributed by atoms with E-state index in [9.17, 15) is 0 Å². The van der Waals surface area contributed by atoms with E-state index in [1.807, 2.05) is 8.46 Å². The number of allylic oxidation sites excluding steroid dienone is 1. The van der Waals surface area contributed by atoms with Gasteiger partial charge in [0.15, 0.2) is 0 Å². The second kappa shape index (κ2) is 11.8. The van der Waals surface area contributed by atoms with Crippen LogP contribution in [0.25, 0.3) is 28.3 Å². The largest absolute Gasteiger partial charge is 1.00 e. The molecule has 0 amide bonds. The molecular formula is C40H45Cl2SiZr. The van der Waals surface area contributed by atoms with Crippen molar-refractivity contribution in [2.75, 3.05) is 0 Å². The summed E-state index contributed by atoms with van der Waals surface area (Å²) < 4.78 is 2.52. The molecule has 2 aliphatic heterocycles. The molecule has 7 rings (SSSR count). The van der Waals surface area contributed by atoms with Crippen LogP contribution in [0.5, 0.6) is 0 Å². The maximum absolute atomic E-state index is 2.69. The predicted molar refractivity (Wildman–Crippen MR) is 182 cm³/mol. The summed E-state index contributed by atoms with van der Waals surface area (Å²) in [5.41, 5.74) is 15.5. The molecule has 0 spiro atoms. The first-order chi connectivity index (χ1) is 19.8. The van der Waals surface area contributed by atoms with E-state index in [1.54, 1.807) is 33.0 Å². The summed E-state index contributed by atoms with van der Waals surface area (Å²) in [7, 11) is 0. The van der Waals surface area contributed by atoms with Crippen molar-refractivity contribution >= 4 is 25.6 Å². The summed E-state index contributed by atoms with van der Waals surface area (Å²) in [5, 5.41) is 3.59. The zero-order valence-electron chi connectivity index (χ0n) is 27.7. The minimum atomic E-state index is -2.02. The van der Waals surface area contributed by atoms with E-state index in [0.717, 1.165) is 0 Å². The van der Waals surface area contributed by atoms with Crippen molar-refractivity contribution in [2.24, 2.45) is 5.92 Å². The Morgan fingerprint density at radius 3 is 2.05 bits per heavy atom. The Labute approximate surface area is 286 Å². The average molecular weight is 716 g/mol. The van der Waals surface area contributed by atoms with Gasteiger partial charge in [-0.25, -0.2) is 0 Å². The first kappa shape index (κ1) is 33.7. The Morgan fingerprint density at radius 1 is 0.773 bits per heavy atom. The molecule has 4 aromatic carbocycles. The van der Waals surface area contributed by atoms with E-state index in [4.69, 9.17) is 0 Å². The third-order valence-electron chi connectivity index (χ3n) is 9.99. The molecule has 227 valence electrons. The van der Waals surface area contributed by atoms with Gasteiger partial charge in [0, 0.05) is 0 Å². The monoisotopic (exact) mass is 713 g/mol. The summed E-state index contributed by atoms with van der Waals surface area (Å²) in [5.74, 6) is -0.433. The van der Waals surface area contributed by atoms with Crippen LogP contribution in [0.1, 0.15) is 93.3 Å². The number of fused-ring (bicyclic) bond motifs is 4. The van der Waals surface area contributed by atoms with Gasteiger partial charge in [-0.1, -0.05) is 0 Å². The predicted octanol–water partition coefficient (Wildman–Crippen LogP) is 2.52. The number of aryl methyl sites for hydroxylation is 1. The number of hydrogen-bond donors (Lipinski definition) is 0. The number of halogens is 2. The van der Waals surface area contributed by atoms with Gasteiger partial charge in [0.25, 0.3) is 0 Å². The molecule has 1 aliphatic carbocycles. The zero-order valence-corrected chi connectivity index (χ0v) is 32.8. The van der Waals surface area contributed by atoms with Crippen molar-refractivity contribution in [3.63, 3.8) is 0 Å². The summed E-state index contributed by atoms with van der Waals surface area (Å²) >= 11 is -2.02. The molecule has 0 aromatic heterocycles. The minimum absolute atomic E-state index is 0. The quantitative estimate of drug-likeness (QED) is 0.286. The van der Waals surface area contributed by atoms with Crippen molar-refractivity contribution in [2.45, 2.75) is 83.2 Å². The van der Waals surface area contributed by atoms with E-state index in [0.29, 0.717) is 9.54 Å². The molecule has 0 fully saturated rings. The van der Waals surface area contributed by atoms with Gasteiger partial charge in [-0.05, 0) is 0 Å². The van der Waals surface area contributed by atoms with Gasteiger partial charge in [-0.3, -0.25) is 0 Å². The second-order valence-corrected chi connectivity index (χ2v) is 30.5. The maximum atomic E-state index is 2.69. The topological polar surface area (TPSA) is 0 Å². The van der Waals surface area contributed by atoms with Crippen LogP contribution in [0.15, 0.2) is 78.4 Å². The fourth-order valence-electron chi connectivity index (χ4n) is 7.89. The zero-order chi connectivity index (χ0) is 29.7. The van der Waals surface area contributed by atoms with Crippen LogP contribution in [0.2, 0.25) is 0 Å². The molecule has 0 saturated carbocycles. The Balaban J connectivity index is 0.00000192. The first-order valence-electron chi connectivity index (χ1n) is 15.9. The van der Waals surface area contributed by atoms with Crippen LogP contribution in [0.4, 0.5) is 0 Å². The summed E-state index contributed by atoms with van der Waals surface area (Å²) in [6.45, 7) is 21.3. The van der Waals surface area contributed by atoms with Gasteiger partial charge in [-0.2, -0.15) is 0 Å². The van der Waals surface area contributed by atoms with E-state index < -0.39 is 26.8 Å². The molecule has 2 heterocycles. The van der Waals surface area contributed by atoms with Gasteiger partial charge in [0.1, 0.15) is 0 Å². The third kappa shape index (κ3) is 5.31. The molecule has 0 radical (unpaired) electrons. The van der Waals surface area contributed by atoms with Crippen molar-refractivity contribution in [3.05, 3.63) is 106 Å². The van der Waals surface area contributed by atoms with Gasteiger partial charge < -0.3 is 24.8 Å². The molecule has 2 atom stereocenters. The Morgan fingerprint density at radius 2 is 1.41 bits per heavy atom. The standard InChI is InChI=1S/C28H37.C12H8Si.2ClH.Zr/c1-18(2)12-20-13-21-11-10-19(3)26(25(21)14-20)22-15-23(27(4,5)6)17-24(16-22)28(7,8)9;1-3-7-11-9(5-1)10-6-2-4-8-12(10)13-11;;;/h10-11,13-18H,12H2,1-9H3;1-7,13H;2*1H;/q;;;;+2/p-2. The minimum Gasteiger partial charge on any atom is -1.00 e. The van der Waals surface area contributed by atoms with Crippen LogP contribution in [0, 0.1) is 12.8 Å². The van der Waals surface area contributed by atoms with Crippen LogP contribution in [0.3, 0.4) is 0 Å². The fraction of sp³-hybridized carbons (Fsp3) is 0.350. The Bertz CT molecular complexity index is 1750. The molecule has 0 saturated heterocycles. The van der Waals surface area contributed by atoms with Crippen LogP contribution < -0.4 is 38.5 Å². The number of rotatable bonds is 4. The summed E-state index contributed by atoms with van der Waals surface area (Å²) in [4.78, 5) is 0. The third-order valence-corrected chi connectivity index (χ3v) is 32.3. The molecule has 0 bridgehead atoms. The number of benzene rings is 4. The second-order valence-electron chi connectivity index (χ2n) is 15.6. The van der Waals surface area contributed by atoms with E-state index >= 15 is 0 Å². The van der Waals surface area contributed by atoms with Crippen LogP contribution in [-0.2, 0) is 31.7 Å². The summed E-state index contributed by atoms with van der Waals surface area (Å²) in [6, 6.07) is 29.3. The molecule has 0 nitrogen and oxygen atoms in total. The molecule has 2 unspecified atom stereocenters. The van der Waals surface area contributed by atoms with Gasteiger partial charge in [0.05, 0.1) is 0 Å². The fourth-order valence-corrected chi connectivity index (χ4v) is 34.0. The maximum Gasteiger partial charge on any atom is -1.00 e. The molecule has 4 heteroatoms. The van der Waals surface area contributed by atoms with E-state index in [-0.39, 0.29) is 35.6 Å². The smallest absolute Gasteiger partial charge is 1.00 e. The van der Waals surface area contributed by atoms with Gasteiger partial charge >= 0.3 is 264 Å². The van der Waals surface area contributed by atoms with E-state index in [1.165, 1.54) is 34.2 Å². The molecular weight excluding hydrogens is 671 g/mol. The average Bonchev–Trinajstić information content (AvgIpc) is 3.41. The van der Waals surface area contributed by atoms with Crippen molar-refractivity contribution in [1.29, 1.82) is 0 Å². The summed E-state index contributed by atoms with van der Waals surface area (Å²) in [6.07, 6.45) is 3.91. The van der Waals surface area contributed by atoms with Crippen molar-refractivity contribution < 1.29 is 45.7 Å². The normalized spacial score (nSPS) is 17.7. The SMILES string of the molecule is Cc1ccc2c(c1-c1cc(C(C)(C)C)cc(C(C)(C)C)c1)C=C(CC(C)C)[CH]2[Zr+2]1[c]2cccc3c2[SiH]1c1ccccc1-3.[Cl-].[Cl-]. The molecule has 0 N–H and O–H groups in total. The molecule has 44 heavy (non-hydrogen) atoms. The van der Waals surface area contributed by atoms with Crippen molar-refractivity contribution in [3.8, 4) is 22.3 Å². The van der Waals surface area contributed by atoms with Crippen molar-refractivity contribution in [1.82, 2.24) is 0 Å². The van der Waals surface area contributed by atoms with Crippen LogP contribution in [-0.4, -0.2) is 5.92 Å². The van der Waals surface area contributed by atoms with Gasteiger partial charge in [-0.15, -0.1) is 0 Å². The molecule has 4 aromatic rings.